The van der Waals surface area contributed by atoms with Crippen molar-refractivity contribution in [2.24, 2.45) is 0 Å². The zero-order chi connectivity index (χ0) is 11.7. The second kappa shape index (κ2) is 4.36. The summed E-state index contributed by atoms with van der Waals surface area (Å²) < 4.78 is 0. The Hall–Kier alpha value is -1.19. The molecule has 1 aromatic carbocycles. The number of nitrogen functional groups attached to an aromatic ring is 1. The molecule has 1 heterocycles. The van der Waals surface area contributed by atoms with Gasteiger partial charge >= 0.3 is 0 Å². The van der Waals surface area contributed by atoms with Gasteiger partial charge in [0, 0.05) is 16.1 Å². The summed E-state index contributed by atoms with van der Waals surface area (Å²) in [4.78, 5) is 0. The first-order chi connectivity index (χ1) is 7.63. The van der Waals surface area contributed by atoms with Crippen LogP contribution in [0.1, 0.15) is 12.5 Å². The number of hydrogen-bond acceptors (Lipinski definition) is 2. The van der Waals surface area contributed by atoms with E-state index in [9.17, 15) is 0 Å². The van der Waals surface area contributed by atoms with Crippen LogP contribution in [0.5, 0.6) is 0 Å². The molecule has 0 fully saturated rings. The zero-order valence-corrected chi connectivity index (χ0v) is 10.2. The van der Waals surface area contributed by atoms with Gasteiger partial charge < -0.3 is 5.73 Å². The third-order valence-electron chi connectivity index (χ3n) is 2.45. The fraction of sp³-hybridized carbons (Fsp3) is 0.182. The molecule has 0 atom stereocenters. The quantitative estimate of drug-likeness (QED) is 0.863. The van der Waals surface area contributed by atoms with Crippen molar-refractivity contribution in [3.05, 3.63) is 33.8 Å². The summed E-state index contributed by atoms with van der Waals surface area (Å²) in [7, 11) is 0. The lowest BCUT2D eigenvalue weighted by atomic mass is 10.1. The van der Waals surface area contributed by atoms with Gasteiger partial charge in [-0.05, 0) is 24.6 Å². The Morgan fingerprint density at radius 1 is 1.38 bits per heavy atom. The molecule has 0 saturated heterocycles. The van der Waals surface area contributed by atoms with Crippen molar-refractivity contribution in [2.45, 2.75) is 13.3 Å². The van der Waals surface area contributed by atoms with Crippen LogP contribution < -0.4 is 5.73 Å². The molecule has 16 heavy (non-hydrogen) atoms. The minimum absolute atomic E-state index is 0.508. The van der Waals surface area contributed by atoms with E-state index in [1.807, 2.05) is 6.92 Å². The van der Waals surface area contributed by atoms with E-state index in [2.05, 4.69) is 10.2 Å². The number of nitrogens with two attached hydrogens (primary N) is 1. The van der Waals surface area contributed by atoms with E-state index >= 15 is 0 Å². The maximum absolute atomic E-state index is 6.12. The minimum atomic E-state index is 0.508. The Balaban J connectivity index is 2.62. The molecule has 0 aliphatic heterocycles. The van der Waals surface area contributed by atoms with Crippen molar-refractivity contribution in [3.63, 3.8) is 0 Å². The number of aromatic amines is 1. The predicted molar refractivity (Wildman–Crippen MR) is 67.8 cm³/mol. The van der Waals surface area contributed by atoms with Gasteiger partial charge in [0.2, 0.25) is 0 Å². The van der Waals surface area contributed by atoms with Crippen LogP contribution in [0.15, 0.2) is 18.2 Å². The molecule has 3 N–H and O–H groups in total. The number of anilines is 1. The number of rotatable bonds is 2. The Morgan fingerprint density at radius 2 is 2.12 bits per heavy atom. The Kier molecular flexibility index (Phi) is 3.08. The highest BCUT2D eigenvalue weighted by molar-refractivity contribution is 6.35. The van der Waals surface area contributed by atoms with Crippen molar-refractivity contribution in [1.29, 1.82) is 0 Å². The molecular weight excluding hydrogens is 245 g/mol. The molecule has 2 aromatic rings. The number of aromatic nitrogens is 2. The Morgan fingerprint density at radius 3 is 2.81 bits per heavy atom. The van der Waals surface area contributed by atoms with Crippen LogP contribution in [0.3, 0.4) is 0 Å². The summed E-state index contributed by atoms with van der Waals surface area (Å²) in [5, 5.41) is 8.14. The molecule has 84 valence electrons. The molecule has 1 aromatic heterocycles. The molecule has 0 aliphatic rings. The van der Waals surface area contributed by atoms with E-state index in [1.54, 1.807) is 18.2 Å². The Labute approximate surface area is 104 Å². The third kappa shape index (κ3) is 1.88. The average molecular weight is 256 g/mol. The largest absolute Gasteiger partial charge is 0.382 e. The van der Waals surface area contributed by atoms with Crippen molar-refractivity contribution < 1.29 is 0 Å². The normalized spacial score (nSPS) is 10.7. The van der Waals surface area contributed by atoms with Crippen molar-refractivity contribution in [1.82, 2.24) is 10.2 Å². The fourth-order valence-electron chi connectivity index (χ4n) is 1.65. The smallest absolute Gasteiger partial charge is 0.149 e. The van der Waals surface area contributed by atoms with Gasteiger partial charge in [-0.25, -0.2) is 0 Å². The van der Waals surface area contributed by atoms with Crippen LogP contribution in [0.4, 0.5) is 5.82 Å². The first-order valence-electron chi connectivity index (χ1n) is 4.91. The van der Waals surface area contributed by atoms with Gasteiger partial charge in [-0.15, -0.1) is 0 Å². The molecule has 0 radical (unpaired) electrons. The van der Waals surface area contributed by atoms with Crippen LogP contribution in [-0.2, 0) is 6.42 Å². The van der Waals surface area contributed by atoms with Crippen molar-refractivity contribution in [3.8, 4) is 11.3 Å². The number of hydrogen-bond donors (Lipinski definition) is 2. The summed E-state index contributed by atoms with van der Waals surface area (Å²) in [5.41, 5.74) is 8.39. The topological polar surface area (TPSA) is 54.7 Å². The lowest BCUT2D eigenvalue weighted by molar-refractivity contribution is 1.10. The third-order valence-corrected chi connectivity index (χ3v) is 3.02. The molecule has 5 heteroatoms. The van der Waals surface area contributed by atoms with Gasteiger partial charge in [-0.3, -0.25) is 5.10 Å². The predicted octanol–water partition coefficient (Wildman–Crippen LogP) is 3.53. The maximum atomic E-state index is 6.12. The standard InChI is InChI=1S/C11H11Cl2N3/c1-2-7-10(15-16-11(7)14)8-5-6(12)3-4-9(8)13/h3-5H,2H2,1H3,(H3,14,15,16). The lowest BCUT2D eigenvalue weighted by Gasteiger charge is -2.04. The van der Waals surface area contributed by atoms with E-state index in [0.29, 0.717) is 15.9 Å². The maximum Gasteiger partial charge on any atom is 0.149 e. The van der Waals surface area contributed by atoms with E-state index in [0.717, 1.165) is 23.2 Å². The lowest BCUT2D eigenvalue weighted by Crippen LogP contribution is -1.91. The van der Waals surface area contributed by atoms with Gasteiger partial charge in [0.25, 0.3) is 0 Å². The second-order valence-electron chi connectivity index (χ2n) is 3.44. The first kappa shape index (κ1) is 11.3. The first-order valence-corrected chi connectivity index (χ1v) is 5.67. The highest BCUT2D eigenvalue weighted by Crippen LogP contribution is 2.33. The molecule has 2 rings (SSSR count). The average Bonchev–Trinajstić information content (AvgIpc) is 2.63. The molecule has 3 nitrogen and oxygen atoms in total. The van der Waals surface area contributed by atoms with Gasteiger partial charge in [0.1, 0.15) is 5.82 Å². The summed E-state index contributed by atoms with van der Waals surface area (Å²) in [5.74, 6) is 0.508. The van der Waals surface area contributed by atoms with E-state index < -0.39 is 0 Å². The summed E-state index contributed by atoms with van der Waals surface area (Å²) in [6, 6.07) is 5.31. The van der Waals surface area contributed by atoms with E-state index in [-0.39, 0.29) is 0 Å². The van der Waals surface area contributed by atoms with E-state index in [1.165, 1.54) is 0 Å². The Bertz CT molecular complexity index is 520. The van der Waals surface area contributed by atoms with Crippen LogP contribution in [0, 0.1) is 0 Å². The highest BCUT2D eigenvalue weighted by atomic mass is 35.5. The zero-order valence-electron chi connectivity index (χ0n) is 8.72. The van der Waals surface area contributed by atoms with Gasteiger partial charge in [-0.2, -0.15) is 5.10 Å². The van der Waals surface area contributed by atoms with Crippen molar-refractivity contribution in [2.75, 3.05) is 5.73 Å². The molecule has 0 saturated carbocycles. The van der Waals surface area contributed by atoms with Crippen molar-refractivity contribution >= 4 is 29.0 Å². The fourth-order valence-corrected chi connectivity index (χ4v) is 2.03. The summed E-state index contributed by atoms with van der Waals surface area (Å²) in [6.07, 6.45) is 0.792. The minimum Gasteiger partial charge on any atom is -0.382 e. The SMILES string of the molecule is CCc1c(N)n[nH]c1-c1cc(Cl)ccc1Cl. The van der Waals surface area contributed by atoms with Crippen LogP contribution in [-0.4, -0.2) is 10.2 Å². The monoisotopic (exact) mass is 255 g/mol. The van der Waals surface area contributed by atoms with Gasteiger partial charge in [0.15, 0.2) is 0 Å². The van der Waals surface area contributed by atoms with Gasteiger partial charge in [0.05, 0.1) is 10.7 Å². The van der Waals surface area contributed by atoms with Crippen LogP contribution >= 0.6 is 23.2 Å². The number of halogens is 2. The second-order valence-corrected chi connectivity index (χ2v) is 4.28. The molecule has 0 unspecified atom stereocenters. The molecule has 0 aliphatic carbocycles. The number of H-pyrrole nitrogens is 1. The number of nitrogens with zero attached hydrogens (tertiary/aromatic N) is 1. The van der Waals surface area contributed by atoms with Crippen LogP contribution in [0.25, 0.3) is 11.3 Å². The highest BCUT2D eigenvalue weighted by Gasteiger charge is 2.13. The molecular formula is C11H11Cl2N3. The summed E-state index contributed by atoms with van der Waals surface area (Å²) in [6.45, 7) is 2.02. The summed E-state index contributed by atoms with van der Waals surface area (Å²) >= 11 is 12.1. The van der Waals surface area contributed by atoms with E-state index in [4.69, 9.17) is 28.9 Å². The molecule has 0 spiro atoms. The molecule has 0 amide bonds. The number of nitrogens with one attached hydrogen (secondary N) is 1. The van der Waals surface area contributed by atoms with Crippen LogP contribution in [0.2, 0.25) is 10.0 Å². The molecule has 0 bridgehead atoms. The van der Waals surface area contributed by atoms with Gasteiger partial charge in [-0.1, -0.05) is 30.1 Å². The number of benzene rings is 1.